The third-order valence-corrected chi connectivity index (χ3v) is 4.69. The normalized spacial score (nSPS) is 23.2. The molecule has 2 aliphatic rings. The van der Waals surface area contributed by atoms with E-state index >= 15 is 0 Å². The summed E-state index contributed by atoms with van der Waals surface area (Å²) in [5, 5.41) is 6.54. The van der Waals surface area contributed by atoms with Crippen molar-refractivity contribution in [3.8, 4) is 0 Å². The molecule has 0 spiro atoms. The summed E-state index contributed by atoms with van der Waals surface area (Å²) in [5.41, 5.74) is 0. The van der Waals surface area contributed by atoms with E-state index in [9.17, 15) is 4.79 Å². The Kier molecular flexibility index (Phi) is 6.93. The van der Waals surface area contributed by atoms with E-state index < -0.39 is 0 Å². The molecular formula is C16H32N4O. The van der Waals surface area contributed by atoms with Gasteiger partial charge < -0.3 is 10.6 Å². The average Bonchev–Trinajstić information content (AvgIpc) is 2.84. The van der Waals surface area contributed by atoms with Crippen LogP contribution in [-0.2, 0) is 4.79 Å². The zero-order chi connectivity index (χ0) is 15.1. The topological polar surface area (TPSA) is 47.6 Å². The lowest BCUT2D eigenvalue weighted by Crippen LogP contribution is -2.48. The fraction of sp³-hybridized carbons (Fsp3) is 0.938. The fourth-order valence-electron chi connectivity index (χ4n) is 3.40. The summed E-state index contributed by atoms with van der Waals surface area (Å²) in [5.74, 6) is 0.771. The minimum Gasteiger partial charge on any atom is -0.353 e. The smallest absolute Gasteiger partial charge is 0.234 e. The van der Waals surface area contributed by atoms with E-state index in [2.05, 4.69) is 34.3 Å². The number of hydrogen-bond donors (Lipinski definition) is 2. The van der Waals surface area contributed by atoms with Crippen LogP contribution in [0, 0.1) is 5.92 Å². The summed E-state index contributed by atoms with van der Waals surface area (Å²) in [6, 6.07) is 0.488. The number of carbonyl (C=O) groups is 1. The molecule has 0 aromatic carbocycles. The maximum absolute atomic E-state index is 12.2. The number of rotatable bonds is 6. The van der Waals surface area contributed by atoms with Gasteiger partial charge in [0, 0.05) is 25.7 Å². The van der Waals surface area contributed by atoms with E-state index in [1.807, 2.05) is 0 Å². The number of nitrogens with zero attached hydrogens (tertiary/aromatic N) is 2. The molecule has 2 fully saturated rings. The van der Waals surface area contributed by atoms with Gasteiger partial charge in [0.15, 0.2) is 0 Å². The van der Waals surface area contributed by atoms with Gasteiger partial charge in [0.2, 0.25) is 5.91 Å². The first-order valence-electron chi connectivity index (χ1n) is 8.60. The quantitative estimate of drug-likeness (QED) is 0.750. The summed E-state index contributed by atoms with van der Waals surface area (Å²) < 4.78 is 0. The van der Waals surface area contributed by atoms with Crippen molar-refractivity contribution in [2.45, 2.75) is 39.2 Å². The van der Waals surface area contributed by atoms with Crippen LogP contribution in [0.25, 0.3) is 0 Å². The van der Waals surface area contributed by atoms with Crippen LogP contribution >= 0.6 is 0 Å². The van der Waals surface area contributed by atoms with Crippen LogP contribution in [-0.4, -0.2) is 74.1 Å². The summed E-state index contributed by atoms with van der Waals surface area (Å²) >= 11 is 0. The lowest BCUT2D eigenvalue weighted by molar-refractivity contribution is -0.122. The summed E-state index contributed by atoms with van der Waals surface area (Å²) in [7, 11) is 0. The SMILES string of the molecule is CC(C)C(CNC(=O)CN1CCCNCC1)N1CCCC1. The maximum Gasteiger partial charge on any atom is 0.234 e. The Labute approximate surface area is 129 Å². The Morgan fingerprint density at radius 3 is 2.57 bits per heavy atom. The molecule has 122 valence electrons. The highest BCUT2D eigenvalue weighted by molar-refractivity contribution is 5.78. The molecule has 1 atom stereocenters. The van der Waals surface area contributed by atoms with Gasteiger partial charge in [-0.15, -0.1) is 0 Å². The number of likely N-dealkylation sites (tertiary alicyclic amines) is 1. The molecule has 0 radical (unpaired) electrons. The Morgan fingerprint density at radius 1 is 1.10 bits per heavy atom. The van der Waals surface area contributed by atoms with E-state index in [1.165, 1.54) is 25.9 Å². The molecule has 5 nitrogen and oxygen atoms in total. The highest BCUT2D eigenvalue weighted by Gasteiger charge is 2.25. The Bertz CT molecular complexity index is 307. The molecule has 1 amide bonds. The highest BCUT2D eigenvalue weighted by Crippen LogP contribution is 2.17. The maximum atomic E-state index is 12.2. The fourth-order valence-corrected chi connectivity index (χ4v) is 3.40. The molecule has 21 heavy (non-hydrogen) atoms. The van der Waals surface area contributed by atoms with Crippen LogP contribution in [0.1, 0.15) is 33.1 Å². The van der Waals surface area contributed by atoms with Crippen LogP contribution < -0.4 is 10.6 Å². The first-order chi connectivity index (χ1) is 10.2. The first kappa shape index (κ1) is 16.7. The van der Waals surface area contributed by atoms with Gasteiger partial charge in [0.1, 0.15) is 0 Å². The molecule has 0 bridgehead atoms. The molecule has 2 rings (SSSR count). The van der Waals surface area contributed by atoms with E-state index in [0.29, 0.717) is 18.5 Å². The largest absolute Gasteiger partial charge is 0.353 e. The van der Waals surface area contributed by atoms with Crippen molar-refractivity contribution in [2.24, 2.45) is 5.92 Å². The van der Waals surface area contributed by atoms with Gasteiger partial charge in [-0.3, -0.25) is 14.6 Å². The summed E-state index contributed by atoms with van der Waals surface area (Å²) in [6.07, 6.45) is 3.74. The summed E-state index contributed by atoms with van der Waals surface area (Å²) in [6.45, 7) is 12.3. The second-order valence-electron chi connectivity index (χ2n) is 6.74. The van der Waals surface area contributed by atoms with E-state index in [4.69, 9.17) is 0 Å². The van der Waals surface area contributed by atoms with Crippen LogP contribution in [0.3, 0.4) is 0 Å². The standard InChI is InChI=1S/C16H32N4O/c1-14(2)15(20-9-3-4-10-20)12-18-16(21)13-19-8-5-6-17-7-11-19/h14-15,17H,3-13H2,1-2H3,(H,18,21). The van der Waals surface area contributed by atoms with Gasteiger partial charge in [-0.05, 0) is 51.4 Å². The minimum absolute atomic E-state index is 0.182. The molecule has 0 aromatic rings. The van der Waals surface area contributed by atoms with Crippen LogP contribution in [0.2, 0.25) is 0 Å². The Hall–Kier alpha value is -0.650. The van der Waals surface area contributed by atoms with Crippen molar-refractivity contribution in [1.29, 1.82) is 0 Å². The first-order valence-corrected chi connectivity index (χ1v) is 8.60. The third kappa shape index (κ3) is 5.57. The number of nitrogens with one attached hydrogen (secondary N) is 2. The second kappa shape index (κ2) is 8.71. The number of hydrogen-bond acceptors (Lipinski definition) is 4. The van der Waals surface area contributed by atoms with Gasteiger partial charge >= 0.3 is 0 Å². The van der Waals surface area contributed by atoms with E-state index in [0.717, 1.165) is 39.1 Å². The van der Waals surface area contributed by atoms with Crippen molar-refractivity contribution in [1.82, 2.24) is 20.4 Å². The molecular weight excluding hydrogens is 264 g/mol. The van der Waals surface area contributed by atoms with Crippen molar-refractivity contribution in [2.75, 3.05) is 52.4 Å². The predicted molar refractivity (Wildman–Crippen MR) is 86.4 cm³/mol. The van der Waals surface area contributed by atoms with Crippen LogP contribution in [0.4, 0.5) is 0 Å². The van der Waals surface area contributed by atoms with Crippen LogP contribution in [0.15, 0.2) is 0 Å². The minimum atomic E-state index is 0.182. The molecule has 1 unspecified atom stereocenters. The van der Waals surface area contributed by atoms with Gasteiger partial charge in [-0.2, -0.15) is 0 Å². The zero-order valence-corrected chi connectivity index (χ0v) is 13.7. The molecule has 2 heterocycles. The van der Waals surface area contributed by atoms with Gasteiger partial charge in [0.25, 0.3) is 0 Å². The zero-order valence-electron chi connectivity index (χ0n) is 13.7. The second-order valence-corrected chi connectivity index (χ2v) is 6.74. The lowest BCUT2D eigenvalue weighted by Gasteiger charge is -2.31. The highest BCUT2D eigenvalue weighted by atomic mass is 16.2. The third-order valence-electron chi connectivity index (χ3n) is 4.69. The van der Waals surface area contributed by atoms with Gasteiger partial charge in [0.05, 0.1) is 6.54 Å². The van der Waals surface area contributed by atoms with Gasteiger partial charge in [-0.25, -0.2) is 0 Å². The van der Waals surface area contributed by atoms with Crippen molar-refractivity contribution >= 4 is 5.91 Å². The molecule has 5 heteroatoms. The predicted octanol–water partition coefficient (Wildman–Crippen LogP) is 0.518. The van der Waals surface area contributed by atoms with Crippen molar-refractivity contribution in [3.63, 3.8) is 0 Å². The average molecular weight is 296 g/mol. The number of amides is 1. The summed E-state index contributed by atoms with van der Waals surface area (Å²) in [4.78, 5) is 17.0. The molecule has 0 aromatic heterocycles. The lowest BCUT2D eigenvalue weighted by atomic mass is 10.0. The number of carbonyl (C=O) groups excluding carboxylic acids is 1. The van der Waals surface area contributed by atoms with Crippen molar-refractivity contribution < 1.29 is 4.79 Å². The molecule has 2 saturated heterocycles. The van der Waals surface area contributed by atoms with Gasteiger partial charge in [-0.1, -0.05) is 13.8 Å². The molecule has 0 saturated carbocycles. The Morgan fingerprint density at radius 2 is 1.86 bits per heavy atom. The molecule has 2 aliphatic heterocycles. The molecule has 2 N–H and O–H groups in total. The monoisotopic (exact) mass is 296 g/mol. The molecule has 0 aliphatic carbocycles. The van der Waals surface area contributed by atoms with E-state index in [-0.39, 0.29) is 5.91 Å². The van der Waals surface area contributed by atoms with Crippen molar-refractivity contribution in [3.05, 3.63) is 0 Å². The van der Waals surface area contributed by atoms with Crippen LogP contribution in [0.5, 0.6) is 0 Å². The van der Waals surface area contributed by atoms with E-state index in [1.54, 1.807) is 0 Å². The Balaban J connectivity index is 1.73.